The molecule has 2 nitrogen and oxygen atoms in total. The molecule has 72 valence electrons. The van der Waals surface area contributed by atoms with E-state index in [1.54, 1.807) is 7.11 Å². The SMILES string of the molecule is COc1ccc(C)c(C(C)(C)N)c1. The minimum atomic E-state index is -0.307. The Kier molecular flexibility index (Phi) is 2.62. The number of rotatable bonds is 2. The molecule has 0 atom stereocenters. The number of aryl methyl sites for hydroxylation is 1. The standard InChI is InChI=1S/C11H17NO/c1-8-5-6-9(13-4)7-10(8)11(2,3)12/h5-7H,12H2,1-4H3. The van der Waals surface area contributed by atoms with Crippen LogP contribution in [0.3, 0.4) is 0 Å². The summed E-state index contributed by atoms with van der Waals surface area (Å²) >= 11 is 0. The second-order valence-corrected chi connectivity index (χ2v) is 3.90. The van der Waals surface area contributed by atoms with Gasteiger partial charge in [-0.3, -0.25) is 0 Å². The fourth-order valence-electron chi connectivity index (χ4n) is 1.42. The number of nitrogens with two attached hydrogens (primary N) is 1. The monoisotopic (exact) mass is 179 g/mol. The summed E-state index contributed by atoms with van der Waals surface area (Å²) in [5, 5.41) is 0. The van der Waals surface area contributed by atoms with Crippen molar-refractivity contribution in [2.24, 2.45) is 5.73 Å². The fourth-order valence-corrected chi connectivity index (χ4v) is 1.42. The van der Waals surface area contributed by atoms with Crippen LogP contribution >= 0.6 is 0 Å². The zero-order valence-corrected chi connectivity index (χ0v) is 8.72. The quantitative estimate of drug-likeness (QED) is 0.755. The molecule has 0 fully saturated rings. The van der Waals surface area contributed by atoms with Gasteiger partial charge in [-0.2, -0.15) is 0 Å². The molecule has 0 amide bonds. The average Bonchev–Trinajstić information content (AvgIpc) is 2.03. The summed E-state index contributed by atoms with van der Waals surface area (Å²) in [6, 6.07) is 5.97. The van der Waals surface area contributed by atoms with Crippen LogP contribution in [0.5, 0.6) is 5.75 Å². The van der Waals surface area contributed by atoms with Crippen LogP contribution in [0.25, 0.3) is 0 Å². The van der Waals surface area contributed by atoms with Crippen LogP contribution in [0.4, 0.5) is 0 Å². The molecule has 2 heteroatoms. The largest absolute Gasteiger partial charge is 0.497 e. The molecule has 0 radical (unpaired) electrons. The van der Waals surface area contributed by atoms with E-state index in [4.69, 9.17) is 10.5 Å². The van der Waals surface area contributed by atoms with E-state index in [2.05, 4.69) is 6.92 Å². The number of benzene rings is 1. The minimum Gasteiger partial charge on any atom is -0.497 e. The summed E-state index contributed by atoms with van der Waals surface area (Å²) in [6.07, 6.45) is 0. The second-order valence-electron chi connectivity index (χ2n) is 3.90. The maximum Gasteiger partial charge on any atom is 0.119 e. The van der Waals surface area contributed by atoms with E-state index >= 15 is 0 Å². The Labute approximate surface area is 79.7 Å². The van der Waals surface area contributed by atoms with Gasteiger partial charge in [-0.15, -0.1) is 0 Å². The van der Waals surface area contributed by atoms with Crippen molar-refractivity contribution < 1.29 is 4.74 Å². The number of hydrogen-bond acceptors (Lipinski definition) is 2. The van der Waals surface area contributed by atoms with Crippen LogP contribution in [0, 0.1) is 6.92 Å². The van der Waals surface area contributed by atoms with Gasteiger partial charge in [0.05, 0.1) is 7.11 Å². The smallest absolute Gasteiger partial charge is 0.119 e. The van der Waals surface area contributed by atoms with Gasteiger partial charge in [-0.1, -0.05) is 6.07 Å². The van der Waals surface area contributed by atoms with E-state index in [0.29, 0.717) is 0 Å². The maximum absolute atomic E-state index is 6.03. The second kappa shape index (κ2) is 3.38. The Balaban J connectivity index is 3.19. The predicted molar refractivity (Wildman–Crippen MR) is 54.9 cm³/mol. The van der Waals surface area contributed by atoms with Crippen LogP contribution in [0.1, 0.15) is 25.0 Å². The number of ether oxygens (including phenoxy) is 1. The molecule has 2 N–H and O–H groups in total. The first kappa shape index (κ1) is 10.1. The molecular weight excluding hydrogens is 162 g/mol. The number of hydrogen-bond donors (Lipinski definition) is 1. The van der Waals surface area contributed by atoms with Crippen molar-refractivity contribution in [2.45, 2.75) is 26.3 Å². The van der Waals surface area contributed by atoms with Gasteiger partial charge in [-0.05, 0) is 44.0 Å². The van der Waals surface area contributed by atoms with Gasteiger partial charge in [0.2, 0.25) is 0 Å². The molecule has 0 aromatic heterocycles. The van der Waals surface area contributed by atoms with Gasteiger partial charge in [0.15, 0.2) is 0 Å². The van der Waals surface area contributed by atoms with Gasteiger partial charge in [0.25, 0.3) is 0 Å². The van der Waals surface area contributed by atoms with Gasteiger partial charge >= 0.3 is 0 Å². The zero-order chi connectivity index (χ0) is 10.1. The Hall–Kier alpha value is -1.02. The molecule has 0 aliphatic carbocycles. The minimum absolute atomic E-state index is 0.307. The van der Waals surface area contributed by atoms with E-state index in [9.17, 15) is 0 Å². The van der Waals surface area contributed by atoms with Crippen LogP contribution < -0.4 is 10.5 Å². The highest BCUT2D eigenvalue weighted by Crippen LogP contribution is 2.25. The lowest BCUT2D eigenvalue weighted by Crippen LogP contribution is -2.29. The maximum atomic E-state index is 6.03. The van der Waals surface area contributed by atoms with Crippen molar-refractivity contribution in [3.63, 3.8) is 0 Å². The normalized spacial score (nSPS) is 11.5. The highest BCUT2D eigenvalue weighted by Gasteiger charge is 2.16. The fraction of sp³-hybridized carbons (Fsp3) is 0.455. The van der Waals surface area contributed by atoms with Crippen molar-refractivity contribution in [1.29, 1.82) is 0 Å². The van der Waals surface area contributed by atoms with Crippen LogP contribution in [-0.2, 0) is 5.54 Å². The number of methoxy groups -OCH3 is 1. The van der Waals surface area contributed by atoms with E-state index in [-0.39, 0.29) is 5.54 Å². The molecule has 0 saturated carbocycles. The first-order valence-electron chi connectivity index (χ1n) is 4.39. The molecule has 0 aliphatic rings. The molecule has 13 heavy (non-hydrogen) atoms. The highest BCUT2D eigenvalue weighted by atomic mass is 16.5. The molecule has 0 heterocycles. The van der Waals surface area contributed by atoms with Crippen molar-refractivity contribution in [2.75, 3.05) is 7.11 Å². The Morgan fingerprint density at radius 2 is 1.92 bits per heavy atom. The summed E-state index contributed by atoms with van der Waals surface area (Å²) in [5.41, 5.74) is 8.05. The topological polar surface area (TPSA) is 35.2 Å². The first-order valence-corrected chi connectivity index (χ1v) is 4.39. The van der Waals surface area contributed by atoms with Gasteiger partial charge in [0.1, 0.15) is 5.75 Å². The summed E-state index contributed by atoms with van der Waals surface area (Å²) in [7, 11) is 1.66. The molecule has 0 unspecified atom stereocenters. The van der Waals surface area contributed by atoms with E-state index in [0.717, 1.165) is 11.3 Å². The summed E-state index contributed by atoms with van der Waals surface area (Å²) in [5.74, 6) is 0.860. The van der Waals surface area contributed by atoms with E-state index in [1.165, 1.54) is 5.56 Å². The van der Waals surface area contributed by atoms with E-state index in [1.807, 2.05) is 32.0 Å². The molecule has 1 aromatic rings. The van der Waals surface area contributed by atoms with Gasteiger partial charge in [0, 0.05) is 5.54 Å². The van der Waals surface area contributed by atoms with Crippen molar-refractivity contribution >= 4 is 0 Å². The molecular formula is C11H17NO. The lowest BCUT2D eigenvalue weighted by molar-refractivity contribution is 0.412. The molecule has 0 aliphatic heterocycles. The van der Waals surface area contributed by atoms with Crippen molar-refractivity contribution in [3.05, 3.63) is 29.3 Å². The highest BCUT2D eigenvalue weighted by molar-refractivity contribution is 5.38. The van der Waals surface area contributed by atoms with Gasteiger partial charge in [-0.25, -0.2) is 0 Å². The molecule has 1 aromatic carbocycles. The van der Waals surface area contributed by atoms with Crippen LogP contribution in [0.2, 0.25) is 0 Å². The Morgan fingerprint density at radius 3 is 2.38 bits per heavy atom. The van der Waals surface area contributed by atoms with Gasteiger partial charge < -0.3 is 10.5 Å². The van der Waals surface area contributed by atoms with E-state index < -0.39 is 0 Å². The van der Waals surface area contributed by atoms with Crippen molar-refractivity contribution in [3.8, 4) is 5.75 Å². The Morgan fingerprint density at radius 1 is 1.31 bits per heavy atom. The summed E-state index contributed by atoms with van der Waals surface area (Å²) in [6.45, 7) is 6.05. The lowest BCUT2D eigenvalue weighted by Gasteiger charge is -2.22. The molecule has 0 spiro atoms. The van der Waals surface area contributed by atoms with Crippen molar-refractivity contribution in [1.82, 2.24) is 0 Å². The van der Waals surface area contributed by atoms with Crippen LogP contribution in [0.15, 0.2) is 18.2 Å². The zero-order valence-electron chi connectivity index (χ0n) is 8.72. The average molecular weight is 179 g/mol. The summed E-state index contributed by atoms with van der Waals surface area (Å²) < 4.78 is 5.15. The third-order valence-electron chi connectivity index (χ3n) is 2.14. The lowest BCUT2D eigenvalue weighted by atomic mass is 9.91. The first-order chi connectivity index (χ1) is 5.95. The molecule has 0 saturated heterocycles. The molecule has 0 bridgehead atoms. The third kappa shape index (κ3) is 2.22. The third-order valence-corrected chi connectivity index (χ3v) is 2.14. The predicted octanol–water partition coefficient (Wildman–Crippen LogP) is 2.20. The molecule has 1 rings (SSSR count). The van der Waals surface area contributed by atoms with Crippen LogP contribution in [-0.4, -0.2) is 7.11 Å². The Bertz CT molecular complexity index is 299. The summed E-state index contributed by atoms with van der Waals surface area (Å²) in [4.78, 5) is 0.